The summed E-state index contributed by atoms with van der Waals surface area (Å²) < 4.78 is 5.45. The van der Waals surface area contributed by atoms with Gasteiger partial charge in [0.25, 0.3) is 0 Å². The van der Waals surface area contributed by atoms with E-state index in [1.807, 2.05) is 0 Å². The number of amides is 1. The minimum atomic E-state index is -0.887. The van der Waals surface area contributed by atoms with Gasteiger partial charge >= 0.3 is 5.97 Å². The normalized spacial score (nSPS) is 15.9. The molecule has 21 heavy (non-hydrogen) atoms. The summed E-state index contributed by atoms with van der Waals surface area (Å²) in [5.74, 6) is -0.541. The molecule has 5 nitrogen and oxygen atoms in total. The molecular weight excluding hydrogens is 294 g/mol. The lowest BCUT2D eigenvalue weighted by atomic mass is 9.74. The van der Waals surface area contributed by atoms with E-state index >= 15 is 0 Å². The number of para-hydroxylation sites is 1. The summed E-state index contributed by atoms with van der Waals surface area (Å²) in [4.78, 5) is 22.7. The van der Waals surface area contributed by atoms with E-state index in [1.165, 1.54) is 0 Å². The van der Waals surface area contributed by atoms with Gasteiger partial charge in [-0.25, -0.2) is 0 Å². The van der Waals surface area contributed by atoms with Crippen LogP contribution in [0.4, 0.5) is 0 Å². The van der Waals surface area contributed by atoms with Crippen LogP contribution in [0.3, 0.4) is 0 Å². The van der Waals surface area contributed by atoms with Gasteiger partial charge in [0.1, 0.15) is 5.75 Å². The smallest absolute Gasteiger partial charge is 0.305 e. The number of hydrogen-bond donors (Lipinski definition) is 2. The molecule has 0 heterocycles. The Bertz CT molecular complexity index is 528. The molecule has 2 N–H and O–H groups in total. The highest BCUT2D eigenvalue weighted by atomic mass is 35.5. The van der Waals surface area contributed by atoms with Crippen molar-refractivity contribution >= 4 is 23.5 Å². The lowest BCUT2D eigenvalue weighted by Gasteiger charge is -2.41. The van der Waals surface area contributed by atoms with Gasteiger partial charge in [0.15, 0.2) is 0 Å². The van der Waals surface area contributed by atoms with Crippen molar-refractivity contribution in [3.63, 3.8) is 0 Å². The maximum Gasteiger partial charge on any atom is 0.305 e. The number of aliphatic carboxylic acids is 1. The summed E-state index contributed by atoms with van der Waals surface area (Å²) in [5.41, 5.74) is -0.562. The second-order valence-corrected chi connectivity index (χ2v) is 5.69. The number of carbonyl (C=O) groups excluding carboxylic acids is 1. The molecule has 1 amide bonds. The van der Waals surface area contributed by atoms with Crippen LogP contribution in [-0.4, -0.2) is 29.1 Å². The average Bonchev–Trinajstić information content (AvgIpc) is 2.38. The van der Waals surface area contributed by atoms with Crippen LogP contribution in [0.15, 0.2) is 24.3 Å². The third-order valence-electron chi connectivity index (χ3n) is 3.63. The average molecular weight is 312 g/mol. The fraction of sp³-hybridized carbons (Fsp3) is 0.467. The summed E-state index contributed by atoms with van der Waals surface area (Å²) in [5, 5.41) is 12.2. The van der Waals surface area contributed by atoms with E-state index in [1.54, 1.807) is 24.3 Å². The van der Waals surface area contributed by atoms with Crippen molar-refractivity contribution in [2.75, 3.05) is 6.61 Å². The Morgan fingerprint density at radius 1 is 1.33 bits per heavy atom. The van der Waals surface area contributed by atoms with Crippen LogP contribution in [0.5, 0.6) is 5.75 Å². The predicted octanol–water partition coefficient (Wildman–Crippen LogP) is 2.62. The maximum atomic E-state index is 11.9. The Morgan fingerprint density at radius 3 is 2.62 bits per heavy atom. The molecule has 2 rings (SSSR count). The number of nitrogens with one attached hydrogen (secondary N) is 1. The zero-order valence-electron chi connectivity index (χ0n) is 11.6. The molecule has 1 aliphatic rings. The van der Waals surface area contributed by atoms with Crippen LogP contribution in [-0.2, 0) is 9.59 Å². The van der Waals surface area contributed by atoms with Crippen molar-refractivity contribution in [2.24, 2.45) is 0 Å². The van der Waals surface area contributed by atoms with Crippen molar-refractivity contribution in [3.05, 3.63) is 29.3 Å². The van der Waals surface area contributed by atoms with Crippen LogP contribution in [0.2, 0.25) is 5.02 Å². The highest BCUT2D eigenvalue weighted by Crippen LogP contribution is 2.35. The van der Waals surface area contributed by atoms with Gasteiger partial charge in [-0.1, -0.05) is 23.7 Å². The summed E-state index contributed by atoms with van der Waals surface area (Å²) >= 11 is 5.94. The van der Waals surface area contributed by atoms with Gasteiger partial charge in [0.2, 0.25) is 5.91 Å². The molecule has 114 valence electrons. The molecule has 6 heteroatoms. The quantitative estimate of drug-likeness (QED) is 0.811. The third kappa shape index (κ3) is 4.36. The zero-order valence-corrected chi connectivity index (χ0v) is 12.4. The van der Waals surface area contributed by atoms with Gasteiger partial charge in [0.05, 0.1) is 30.0 Å². The van der Waals surface area contributed by atoms with Crippen molar-refractivity contribution in [1.29, 1.82) is 0 Å². The molecule has 1 saturated carbocycles. The van der Waals surface area contributed by atoms with E-state index in [0.717, 1.165) is 19.3 Å². The molecule has 1 aliphatic carbocycles. The standard InChI is InChI=1S/C15H18ClNO4/c16-11-4-1-2-5-12(11)21-9-6-13(18)17-15(7-3-8-15)10-14(19)20/h1-2,4-5H,3,6-10H2,(H,17,18)(H,19,20). The first-order chi connectivity index (χ1) is 10.0. The zero-order chi connectivity index (χ0) is 15.3. The molecule has 0 aromatic heterocycles. The van der Waals surface area contributed by atoms with Crippen molar-refractivity contribution in [1.82, 2.24) is 5.32 Å². The number of hydrogen-bond acceptors (Lipinski definition) is 3. The summed E-state index contributed by atoms with van der Waals surface area (Å²) in [6, 6.07) is 7.05. The first-order valence-electron chi connectivity index (χ1n) is 6.91. The molecule has 0 atom stereocenters. The Labute approximate surface area is 128 Å². The second-order valence-electron chi connectivity index (χ2n) is 5.28. The summed E-state index contributed by atoms with van der Waals surface area (Å²) in [7, 11) is 0. The highest BCUT2D eigenvalue weighted by molar-refractivity contribution is 6.32. The predicted molar refractivity (Wildman–Crippen MR) is 78.5 cm³/mol. The summed E-state index contributed by atoms with van der Waals surface area (Å²) in [6.07, 6.45) is 2.53. The number of carboxylic acids is 1. The van der Waals surface area contributed by atoms with E-state index < -0.39 is 11.5 Å². The monoisotopic (exact) mass is 311 g/mol. The van der Waals surface area contributed by atoms with Crippen LogP contribution in [0.25, 0.3) is 0 Å². The molecule has 1 aromatic rings. The molecule has 0 spiro atoms. The Kier molecular flexibility index (Phi) is 5.07. The minimum Gasteiger partial charge on any atom is -0.491 e. The largest absolute Gasteiger partial charge is 0.491 e. The molecule has 0 bridgehead atoms. The lowest BCUT2D eigenvalue weighted by molar-refractivity contribution is -0.140. The third-order valence-corrected chi connectivity index (χ3v) is 3.94. The number of carboxylic acid groups (broad SMARTS) is 1. The topological polar surface area (TPSA) is 75.6 Å². The van der Waals surface area contributed by atoms with E-state index in [-0.39, 0.29) is 25.4 Å². The van der Waals surface area contributed by atoms with Crippen molar-refractivity contribution in [2.45, 2.75) is 37.6 Å². The number of ether oxygens (including phenoxy) is 1. The molecule has 0 unspecified atom stereocenters. The fourth-order valence-corrected chi connectivity index (χ4v) is 2.60. The van der Waals surface area contributed by atoms with E-state index in [4.69, 9.17) is 21.4 Å². The maximum absolute atomic E-state index is 11.9. The van der Waals surface area contributed by atoms with E-state index in [0.29, 0.717) is 10.8 Å². The van der Waals surface area contributed by atoms with Gasteiger partial charge < -0.3 is 15.2 Å². The number of carbonyl (C=O) groups is 2. The minimum absolute atomic E-state index is 0.0237. The van der Waals surface area contributed by atoms with Gasteiger partial charge in [0, 0.05) is 0 Å². The number of benzene rings is 1. The Morgan fingerprint density at radius 2 is 2.05 bits per heavy atom. The molecule has 1 aromatic carbocycles. The molecular formula is C15H18ClNO4. The van der Waals surface area contributed by atoms with Gasteiger partial charge in [-0.05, 0) is 31.4 Å². The fourth-order valence-electron chi connectivity index (χ4n) is 2.41. The van der Waals surface area contributed by atoms with Crippen LogP contribution in [0, 0.1) is 0 Å². The van der Waals surface area contributed by atoms with Crippen molar-refractivity contribution < 1.29 is 19.4 Å². The lowest BCUT2D eigenvalue weighted by Crippen LogP contribution is -2.54. The van der Waals surface area contributed by atoms with Gasteiger partial charge in [-0.3, -0.25) is 9.59 Å². The van der Waals surface area contributed by atoms with E-state index in [9.17, 15) is 9.59 Å². The SMILES string of the molecule is O=C(O)CC1(NC(=O)CCOc2ccccc2Cl)CCC1. The second kappa shape index (κ2) is 6.80. The van der Waals surface area contributed by atoms with E-state index in [2.05, 4.69) is 5.32 Å². The van der Waals surface area contributed by atoms with Crippen molar-refractivity contribution in [3.8, 4) is 5.75 Å². The van der Waals surface area contributed by atoms with Gasteiger partial charge in [-0.2, -0.15) is 0 Å². The molecule has 0 radical (unpaired) electrons. The number of rotatable bonds is 7. The van der Waals surface area contributed by atoms with Crippen LogP contribution < -0.4 is 10.1 Å². The van der Waals surface area contributed by atoms with Gasteiger partial charge in [-0.15, -0.1) is 0 Å². The first kappa shape index (κ1) is 15.6. The van der Waals surface area contributed by atoms with Crippen LogP contribution in [0.1, 0.15) is 32.1 Å². The molecule has 1 fully saturated rings. The summed E-state index contributed by atoms with van der Waals surface area (Å²) in [6.45, 7) is 0.207. The number of halogens is 1. The first-order valence-corrected chi connectivity index (χ1v) is 7.29. The molecule has 0 saturated heterocycles. The molecule has 0 aliphatic heterocycles. The Balaban J connectivity index is 1.77. The highest BCUT2D eigenvalue weighted by Gasteiger charge is 2.40. The Hall–Kier alpha value is -1.75. The van der Waals surface area contributed by atoms with Crippen LogP contribution >= 0.6 is 11.6 Å².